The van der Waals surface area contributed by atoms with Crippen molar-refractivity contribution in [2.45, 2.75) is 38.7 Å². The summed E-state index contributed by atoms with van der Waals surface area (Å²) in [5.74, 6) is -0.478. The van der Waals surface area contributed by atoms with E-state index in [1.165, 1.54) is 42.9 Å². The van der Waals surface area contributed by atoms with Crippen LogP contribution in [0.5, 0.6) is 0 Å². The predicted octanol–water partition coefficient (Wildman–Crippen LogP) is 4.27. The summed E-state index contributed by atoms with van der Waals surface area (Å²) in [6, 6.07) is 13.8. The van der Waals surface area contributed by atoms with Crippen molar-refractivity contribution in [3.05, 3.63) is 65.7 Å². The average molecular weight is 408 g/mol. The molecule has 0 saturated heterocycles. The summed E-state index contributed by atoms with van der Waals surface area (Å²) in [7, 11) is 0. The van der Waals surface area contributed by atoms with E-state index in [-0.39, 0.29) is 17.2 Å². The lowest BCUT2D eigenvalue weighted by Gasteiger charge is -2.21. The zero-order valence-corrected chi connectivity index (χ0v) is 16.8. The Morgan fingerprint density at radius 1 is 1.10 bits per heavy atom. The Hall–Kier alpha value is -3.06. The first-order valence-corrected chi connectivity index (χ1v) is 10.3. The number of nitrogens with zero attached hydrogens (tertiary/aromatic N) is 3. The molecule has 6 nitrogen and oxygen atoms in total. The molecule has 7 heteroatoms. The van der Waals surface area contributed by atoms with E-state index in [9.17, 15) is 9.18 Å². The van der Waals surface area contributed by atoms with Crippen molar-refractivity contribution in [2.24, 2.45) is 11.7 Å². The number of hydrogen-bond acceptors (Lipinski definition) is 4. The molecule has 0 spiro atoms. The van der Waals surface area contributed by atoms with Gasteiger partial charge in [0.15, 0.2) is 5.82 Å². The van der Waals surface area contributed by atoms with Gasteiger partial charge in [0.25, 0.3) is 5.91 Å². The zero-order valence-electron chi connectivity index (χ0n) is 16.8. The van der Waals surface area contributed by atoms with Crippen LogP contribution in [0.2, 0.25) is 0 Å². The van der Waals surface area contributed by atoms with Crippen LogP contribution in [0.15, 0.2) is 48.5 Å². The molecule has 3 aromatic rings. The fraction of sp³-hybridized carbons (Fsp3) is 0.348. The minimum Gasteiger partial charge on any atom is -0.376 e. The van der Waals surface area contributed by atoms with Gasteiger partial charge in [0.2, 0.25) is 5.82 Å². The predicted molar refractivity (Wildman–Crippen MR) is 112 cm³/mol. The summed E-state index contributed by atoms with van der Waals surface area (Å²) >= 11 is 0. The third-order valence-electron chi connectivity index (χ3n) is 5.47. The molecule has 1 amide bonds. The largest absolute Gasteiger partial charge is 0.376 e. The number of hydrogen-bond donors (Lipinski definition) is 1. The number of rotatable bonds is 7. The first-order valence-electron chi connectivity index (χ1n) is 10.3. The molecule has 156 valence electrons. The van der Waals surface area contributed by atoms with E-state index in [0.717, 1.165) is 12.2 Å². The standard InChI is InChI=1S/C23H25FN4O2/c24-20-9-5-4-8-19(20)23-26-22(21(25)29)27-28(23)18-12-10-17(11-13-18)15-30-14-16-6-2-1-3-7-16/h4-5,8-13,16H,1-3,6-7,14-15H2,(H2,25,29). The SMILES string of the molecule is NC(=O)c1nc(-c2ccccc2F)n(-c2ccc(COCC3CCCCC3)cc2)n1. The van der Waals surface area contributed by atoms with E-state index in [1.807, 2.05) is 24.3 Å². The Morgan fingerprint density at radius 3 is 2.53 bits per heavy atom. The number of nitrogens with two attached hydrogens (primary N) is 1. The van der Waals surface area contributed by atoms with E-state index >= 15 is 0 Å². The monoisotopic (exact) mass is 408 g/mol. The highest BCUT2D eigenvalue weighted by Gasteiger charge is 2.19. The third kappa shape index (κ3) is 4.57. The molecule has 0 aliphatic heterocycles. The van der Waals surface area contributed by atoms with Gasteiger partial charge in [0.1, 0.15) is 5.82 Å². The lowest BCUT2D eigenvalue weighted by atomic mass is 9.90. The lowest BCUT2D eigenvalue weighted by molar-refractivity contribution is 0.0739. The van der Waals surface area contributed by atoms with Crippen molar-refractivity contribution < 1.29 is 13.9 Å². The number of amides is 1. The Balaban J connectivity index is 1.52. The molecule has 0 bridgehead atoms. The number of aromatic nitrogens is 3. The van der Waals surface area contributed by atoms with Gasteiger partial charge < -0.3 is 10.5 Å². The molecule has 1 aliphatic rings. The molecule has 0 unspecified atom stereocenters. The number of carbonyl (C=O) groups excluding carboxylic acids is 1. The van der Waals surface area contributed by atoms with E-state index < -0.39 is 11.7 Å². The quantitative estimate of drug-likeness (QED) is 0.633. The van der Waals surface area contributed by atoms with Crippen LogP contribution in [-0.4, -0.2) is 27.3 Å². The van der Waals surface area contributed by atoms with Gasteiger partial charge in [-0.25, -0.2) is 14.1 Å². The first kappa shape index (κ1) is 20.2. The fourth-order valence-corrected chi connectivity index (χ4v) is 3.84. The Morgan fingerprint density at radius 2 is 1.83 bits per heavy atom. The highest BCUT2D eigenvalue weighted by atomic mass is 19.1. The second kappa shape index (κ2) is 9.17. The zero-order chi connectivity index (χ0) is 20.9. The van der Waals surface area contributed by atoms with Crippen LogP contribution in [-0.2, 0) is 11.3 Å². The number of ether oxygens (including phenoxy) is 1. The van der Waals surface area contributed by atoms with Crippen LogP contribution in [0.3, 0.4) is 0 Å². The highest BCUT2D eigenvalue weighted by molar-refractivity contribution is 5.89. The molecular weight excluding hydrogens is 383 g/mol. The van der Waals surface area contributed by atoms with E-state index in [2.05, 4.69) is 10.1 Å². The fourth-order valence-electron chi connectivity index (χ4n) is 3.84. The summed E-state index contributed by atoms with van der Waals surface area (Å²) in [5, 5.41) is 4.18. The van der Waals surface area contributed by atoms with E-state index in [0.29, 0.717) is 18.2 Å². The molecule has 1 aliphatic carbocycles. The maximum absolute atomic E-state index is 14.3. The second-order valence-electron chi connectivity index (χ2n) is 7.70. The van der Waals surface area contributed by atoms with Crippen LogP contribution >= 0.6 is 0 Å². The molecule has 1 aromatic heterocycles. The molecule has 0 radical (unpaired) electrons. The molecule has 4 rings (SSSR count). The second-order valence-corrected chi connectivity index (χ2v) is 7.70. The van der Waals surface area contributed by atoms with Gasteiger partial charge in [0.05, 0.1) is 17.9 Å². The Bertz CT molecular complexity index is 1010. The summed E-state index contributed by atoms with van der Waals surface area (Å²) in [6.45, 7) is 1.34. The number of carbonyl (C=O) groups is 1. The lowest BCUT2D eigenvalue weighted by Crippen LogP contribution is -2.13. The highest BCUT2D eigenvalue weighted by Crippen LogP contribution is 2.25. The summed E-state index contributed by atoms with van der Waals surface area (Å²) in [5.41, 5.74) is 7.29. The molecule has 0 atom stereocenters. The van der Waals surface area contributed by atoms with Gasteiger partial charge in [-0.3, -0.25) is 4.79 Å². The van der Waals surface area contributed by atoms with Gasteiger partial charge in [-0.2, -0.15) is 0 Å². The van der Waals surface area contributed by atoms with E-state index in [4.69, 9.17) is 10.5 Å². The first-order chi connectivity index (χ1) is 14.6. The number of benzene rings is 2. The van der Waals surface area contributed by atoms with Crippen molar-refractivity contribution in [3.8, 4) is 17.1 Å². The van der Waals surface area contributed by atoms with Gasteiger partial charge >= 0.3 is 0 Å². The topological polar surface area (TPSA) is 83.0 Å². The molecule has 30 heavy (non-hydrogen) atoms. The van der Waals surface area contributed by atoms with Crippen molar-refractivity contribution in [2.75, 3.05) is 6.61 Å². The summed E-state index contributed by atoms with van der Waals surface area (Å²) in [4.78, 5) is 15.7. The maximum atomic E-state index is 14.3. The van der Waals surface area contributed by atoms with Gasteiger partial charge in [-0.15, -0.1) is 5.10 Å². The van der Waals surface area contributed by atoms with Gasteiger partial charge in [0, 0.05) is 6.61 Å². The van der Waals surface area contributed by atoms with Gasteiger partial charge in [-0.1, -0.05) is 43.5 Å². The maximum Gasteiger partial charge on any atom is 0.288 e. The van der Waals surface area contributed by atoms with E-state index in [1.54, 1.807) is 18.2 Å². The van der Waals surface area contributed by atoms with Crippen LogP contribution in [0.4, 0.5) is 4.39 Å². The smallest absolute Gasteiger partial charge is 0.288 e. The molecule has 1 saturated carbocycles. The normalized spacial score (nSPS) is 14.7. The molecular formula is C23H25FN4O2. The Labute approximate surface area is 174 Å². The third-order valence-corrected chi connectivity index (χ3v) is 5.47. The minimum absolute atomic E-state index is 0.159. The molecule has 2 N–H and O–H groups in total. The number of primary amides is 1. The van der Waals surface area contributed by atoms with Crippen molar-refractivity contribution >= 4 is 5.91 Å². The van der Waals surface area contributed by atoms with Crippen molar-refractivity contribution in [1.29, 1.82) is 0 Å². The molecule has 2 aromatic carbocycles. The van der Waals surface area contributed by atoms with Crippen LogP contribution in [0, 0.1) is 11.7 Å². The van der Waals surface area contributed by atoms with Gasteiger partial charge in [-0.05, 0) is 48.6 Å². The minimum atomic E-state index is -0.765. The summed E-state index contributed by atoms with van der Waals surface area (Å²) in [6.07, 6.45) is 6.46. The Kier molecular flexibility index (Phi) is 6.18. The molecule has 1 heterocycles. The van der Waals surface area contributed by atoms with Crippen LogP contribution in [0.25, 0.3) is 17.1 Å². The average Bonchev–Trinajstić information content (AvgIpc) is 3.21. The van der Waals surface area contributed by atoms with Crippen molar-refractivity contribution in [1.82, 2.24) is 14.8 Å². The number of halogens is 1. The van der Waals surface area contributed by atoms with Crippen molar-refractivity contribution in [3.63, 3.8) is 0 Å². The molecule has 1 fully saturated rings. The van der Waals surface area contributed by atoms with Crippen LogP contribution in [0.1, 0.15) is 48.3 Å². The van der Waals surface area contributed by atoms with Crippen LogP contribution < -0.4 is 5.73 Å². The summed E-state index contributed by atoms with van der Waals surface area (Å²) < 4.78 is 21.7.